The molecule has 0 radical (unpaired) electrons. The van der Waals surface area contributed by atoms with Gasteiger partial charge in [0.25, 0.3) is 0 Å². The Morgan fingerprint density at radius 1 is 0.759 bits per heavy atom. The van der Waals surface area contributed by atoms with Crippen LogP contribution in [0, 0.1) is 6.92 Å². The number of benzene rings is 4. The predicted octanol–water partition coefficient (Wildman–Crippen LogP) is 8.02. The molecular weight excluding hydrogens is 348 g/mol. The quantitative estimate of drug-likeness (QED) is 0.312. The van der Waals surface area contributed by atoms with Gasteiger partial charge < -0.3 is 0 Å². The normalized spacial score (nSPS) is 14.7. The van der Waals surface area contributed by atoms with E-state index in [-0.39, 0.29) is 5.41 Å². The first-order valence-corrected chi connectivity index (χ1v) is 10.4. The molecule has 1 aliphatic rings. The molecule has 0 aromatic heterocycles. The number of hydrogen-bond donors (Lipinski definition) is 0. The van der Waals surface area contributed by atoms with Crippen LogP contribution >= 0.6 is 0 Å². The lowest BCUT2D eigenvalue weighted by Crippen LogP contribution is -2.15. The van der Waals surface area contributed by atoms with Crippen molar-refractivity contribution in [3.8, 4) is 11.1 Å². The first-order valence-electron chi connectivity index (χ1n) is 10.4. The fourth-order valence-electron chi connectivity index (χ4n) is 4.91. The molecule has 0 heterocycles. The fourth-order valence-corrected chi connectivity index (χ4v) is 4.91. The lowest BCUT2D eigenvalue weighted by molar-refractivity contribution is 0.660. The Bertz CT molecular complexity index is 1270. The van der Waals surface area contributed by atoms with E-state index in [1.165, 1.54) is 55.3 Å². The van der Waals surface area contributed by atoms with Gasteiger partial charge in [0.05, 0.1) is 0 Å². The maximum absolute atomic E-state index is 2.41. The third-order valence-corrected chi connectivity index (χ3v) is 6.52. The van der Waals surface area contributed by atoms with Gasteiger partial charge in [-0.05, 0) is 69.1 Å². The third kappa shape index (κ3) is 2.75. The Labute approximate surface area is 173 Å². The lowest BCUT2D eigenvalue weighted by atomic mass is 9.81. The van der Waals surface area contributed by atoms with E-state index in [4.69, 9.17) is 0 Å². The molecule has 0 fully saturated rings. The second-order valence-electron chi connectivity index (χ2n) is 8.79. The van der Waals surface area contributed by atoms with Crippen LogP contribution in [0.1, 0.15) is 48.6 Å². The molecule has 29 heavy (non-hydrogen) atoms. The van der Waals surface area contributed by atoms with Gasteiger partial charge in [-0.2, -0.15) is 0 Å². The van der Waals surface area contributed by atoms with E-state index in [1.807, 2.05) is 0 Å². The summed E-state index contributed by atoms with van der Waals surface area (Å²) in [7, 11) is 0. The van der Waals surface area contributed by atoms with E-state index in [0.717, 1.165) is 0 Å². The minimum absolute atomic E-state index is 0.00393. The van der Waals surface area contributed by atoms with Gasteiger partial charge in [-0.25, -0.2) is 0 Å². The Morgan fingerprint density at radius 2 is 1.45 bits per heavy atom. The highest BCUT2D eigenvalue weighted by molar-refractivity contribution is 6.04. The highest BCUT2D eigenvalue weighted by atomic mass is 14.4. The molecule has 0 atom stereocenters. The SMILES string of the molecule is CC(=Cc1ccc2c(c1)C(C)(C)c1cc(C)c3ccccc3c1-2)c1ccccc1. The molecule has 142 valence electrons. The summed E-state index contributed by atoms with van der Waals surface area (Å²) in [4.78, 5) is 0. The van der Waals surface area contributed by atoms with E-state index in [0.29, 0.717) is 0 Å². The zero-order chi connectivity index (χ0) is 20.2. The molecule has 0 aliphatic heterocycles. The number of hydrogen-bond acceptors (Lipinski definition) is 0. The summed E-state index contributed by atoms with van der Waals surface area (Å²) in [5.74, 6) is 0. The Morgan fingerprint density at radius 3 is 2.21 bits per heavy atom. The van der Waals surface area contributed by atoms with Crippen LogP contribution in [-0.4, -0.2) is 0 Å². The maximum atomic E-state index is 2.41. The average Bonchev–Trinajstić information content (AvgIpc) is 2.96. The van der Waals surface area contributed by atoms with Crippen LogP contribution in [0.15, 0.2) is 78.9 Å². The zero-order valence-electron chi connectivity index (χ0n) is 17.6. The second kappa shape index (κ2) is 6.46. The fraction of sp³-hybridized carbons (Fsp3) is 0.172. The lowest BCUT2D eigenvalue weighted by Gasteiger charge is -2.22. The molecule has 0 N–H and O–H groups in total. The summed E-state index contributed by atoms with van der Waals surface area (Å²) >= 11 is 0. The van der Waals surface area contributed by atoms with Gasteiger partial charge in [0.15, 0.2) is 0 Å². The Kier molecular flexibility index (Phi) is 3.99. The van der Waals surface area contributed by atoms with Gasteiger partial charge in [0, 0.05) is 5.41 Å². The molecule has 4 aromatic carbocycles. The topological polar surface area (TPSA) is 0 Å². The summed E-state index contributed by atoms with van der Waals surface area (Å²) in [5.41, 5.74) is 10.9. The van der Waals surface area contributed by atoms with Crippen molar-refractivity contribution in [2.24, 2.45) is 0 Å². The standard InChI is InChI=1S/C29H26/c1-19(22-10-6-5-7-11-22)16-21-14-15-25-26(18-21)29(3,4)27-17-20(2)23-12-8-9-13-24(23)28(25)27/h5-18H,1-4H3. The Hall–Kier alpha value is -3.12. The van der Waals surface area contributed by atoms with Crippen LogP contribution in [0.3, 0.4) is 0 Å². The zero-order valence-corrected chi connectivity index (χ0v) is 17.6. The van der Waals surface area contributed by atoms with Gasteiger partial charge in [0.1, 0.15) is 0 Å². The number of aryl methyl sites for hydroxylation is 1. The van der Waals surface area contributed by atoms with Crippen LogP contribution < -0.4 is 0 Å². The molecule has 5 rings (SSSR count). The molecule has 0 saturated heterocycles. The highest BCUT2D eigenvalue weighted by Gasteiger charge is 2.36. The van der Waals surface area contributed by atoms with E-state index in [2.05, 4.69) is 113 Å². The van der Waals surface area contributed by atoms with Crippen molar-refractivity contribution in [3.63, 3.8) is 0 Å². The molecule has 1 aliphatic carbocycles. The van der Waals surface area contributed by atoms with Crippen molar-refractivity contribution in [1.29, 1.82) is 0 Å². The Balaban J connectivity index is 1.70. The second-order valence-corrected chi connectivity index (χ2v) is 8.79. The third-order valence-electron chi connectivity index (χ3n) is 6.52. The molecular formula is C29H26. The summed E-state index contributed by atoms with van der Waals surface area (Å²) in [5, 5.41) is 2.73. The van der Waals surface area contributed by atoms with E-state index >= 15 is 0 Å². The van der Waals surface area contributed by atoms with Gasteiger partial charge in [-0.1, -0.05) is 98.8 Å². The van der Waals surface area contributed by atoms with Crippen LogP contribution in [0.2, 0.25) is 0 Å². The monoisotopic (exact) mass is 374 g/mol. The summed E-state index contributed by atoms with van der Waals surface area (Å²) in [6.07, 6.45) is 2.30. The van der Waals surface area contributed by atoms with Crippen molar-refractivity contribution >= 4 is 22.4 Å². The smallest absolute Gasteiger partial charge is 0.0159 e. The van der Waals surface area contributed by atoms with Gasteiger partial charge in [-0.15, -0.1) is 0 Å². The first kappa shape index (κ1) is 17.9. The highest BCUT2D eigenvalue weighted by Crippen LogP contribution is 2.52. The predicted molar refractivity (Wildman–Crippen MR) is 126 cm³/mol. The molecule has 0 saturated carbocycles. The van der Waals surface area contributed by atoms with Gasteiger partial charge in [0.2, 0.25) is 0 Å². The van der Waals surface area contributed by atoms with E-state index in [1.54, 1.807) is 0 Å². The minimum atomic E-state index is 0.00393. The number of fused-ring (bicyclic) bond motifs is 5. The molecule has 0 heteroatoms. The van der Waals surface area contributed by atoms with Crippen molar-refractivity contribution in [2.75, 3.05) is 0 Å². The number of rotatable bonds is 2. The first-order chi connectivity index (χ1) is 14.0. The number of allylic oxidation sites excluding steroid dienone is 1. The average molecular weight is 375 g/mol. The van der Waals surface area contributed by atoms with E-state index < -0.39 is 0 Å². The largest absolute Gasteiger partial charge is 0.0622 e. The molecule has 0 nitrogen and oxygen atoms in total. The van der Waals surface area contributed by atoms with Crippen molar-refractivity contribution < 1.29 is 0 Å². The van der Waals surface area contributed by atoms with E-state index in [9.17, 15) is 0 Å². The van der Waals surface area contributed by atoms with Gasteiger partial charge >= 0.3 is 0 Å². The van der Waals surface area contributed by atoms with Crippen LogP contribution in [0.25, 0.3) is 33.5 Å². The van der Waals surface area contributed by atoms with Crippen LogP contribution in [0.5, 0.6) is 0 Å². The van der Waals surface area contributed by atoms with Crippen LogP contribution in [-0.2, 0) is 5.41 Å². The molecule has 0 unspecified atom stereocenters. The summed E-state index contributed by atoms with van der Waals surface area (Å²) in [6, 6.07) is 28.8. The van der Waals surface area contributed by atoms with Crippen LogP contribution in [0.4, 0.5) is 0 Å². The minimum Gasteiger partial charge on any atom is -0.0622 e. The van der Waals surface area contributed by atoms with Gasteiger partial charge in [-0.3, -0.25) is 0 Å². The molecule has 0 amide bonds. The van der Waals surface area contributed by atoms with Crippen molar-refractivity contribution in [1.82, 2.24) is 0 Å². The van der Waals surface area contributed by atoms with Crippen molar-refractivity contribution in [2.45, 2.75) is 33.1 Å². The molecule has 4 aromatic rings. The molecule has 0 bridgehead atoms. The summed E-state index contributed by atoms with van der Waals surface area (Å²) < 4.78 is 0. The summed E-state index contributed by atoms with van der Waals surface area (Å²) in [6.45, 7) is 9.16. The molecule has 0 spiro atoms. The van der Waals surface area contributed by atoms with Crippen molar-refractivity contribution in [3.05, 3.63) is 107 Å². The maximum Gasteiger partial charge on any atom is 0.0159 e.